The summed E-state index contributed by atoms with van der Waals surface area (Å²) in [5.74, 6) is 0.651. The molecule has 0 spiro atoms. The lowest BCUT2D eigenvalue weighted by atomic mass is 10.1. The lowest BCUT2D eigenvalue weighted by Crippen LogP contribution is -2.27. The Morgan fingerprint density at radius 3 is 2.45 bits per heavy atom. The van der Waals surface area contributed by atoms with E-state index in [2.05, 4.69) is 9.82 Å². The third-order valence-electron chi connectivity index (χ3n) is 3.29. The standard InChI is InChI=1S/C15H21N3O3S/c1-5-21-13-6-8-14(9-7-13)22(19,20)17-12(3)15-10-18(4)16-11(15)2/h6-10,12,17H,5H2,1-4H3. The normalized spacial score (nSPS) is 13.1. The van der Waals surface area contributed by atoms with Gasteiger partial charge in [0.2, 0.25) is 10.0 Å². The summed E-state index contributed by atoms with van der Waals surface area (Å²) in [6, 6.07) is 6.02. The Morgan fingerprint density at radius 1 is 1.32 bits per heavy atom. The third-order valence-corrected chi connectivity index (χ3v) is 4.85. The first-order chi connectivity index (χ1) is 10.3. The Hall–Kier alpha value is -1.86. The summed E-state index contributed by atoms with van der Waals surface area (Å²) in [7, 11) is -1.78. The molecule has 2 rings (SSSR count). The van der Waals surface area contributed by atoms with Crippen molar-refractivity contribution in [3.05, 3.63) is 41.7 Å². The molecule has 1 heterocycles. The van der Waals surface area contributed by atoms with Gasteiger partial charge in [-0.05, 0) is 45.0 Å². The first-order valence-electron chi connectivity index (χ1n) is 7.09. The number of benzene rings is 1. The quantitative estimate of drug-likeness (QED) is 0.884. The van der Waals surface area contributed by atoms with Crippen molar-refractivity contribution in [1.29, 1.82) is 0 Å². The molecule has 1 atom stereocenters. The number of aromatic nitrogens is 2. The highest BCUT2D eigenvalue weighted by atomic mass is 32.2. The SMILES string of the molecule is CCOc1ccc(S(=O)(=O)NC(C)c2cn(C)nc2C)cc1. The number of ether oxygens (including phenoxy) is 1. The number of aryl methyl sites for hydroxylation is 2. The van der Waals surface area contributed by atoms with Crippen LogP contribution in [0.3, 0.4) is 0 Å². The summed E-state index contributed by atoms with van der Waals surface area (Å²) in [6.07, 6.45) is 1.82. The zero-order valence-electron chi connectivity index (χ0n) is 13.2. The molecule has 1 N–H and O–H groups in total. The van der Waals surface area contributed by atoms with Gasteiger partial charge in [0.05, 0.1) is 17.2 Å². The molecule has 0 saturated carbocycles. The van der Waals surface area contributed by atoms with Crippen molar-refractivity contribution in [2.75, 3.05) is 6.61 Å². The number of hydrogen-bond donors (Lipinski definition) is 1. The van der Waals surface area contributed by atoms with Crippen LogP contribution < -0.4 is 9.46 Å². The molecule has 7 heteroatoms. The fraction of sp³-hybridized carbons (Fsp3) is 0.400. The molecule has 0 saturated heterocycles. The summed E-state index contributed by atoms with van der Waals surface area (Å²) in [4.78, 5) is 0.212. The van der Waals surface area contributed by atoms with Crippen molar-refractivity contribution in [3.8, 4) is 5.75 Å². The van der Waals surface area contributed by atoms with Crippen LogP contribution >= 0.6 is 0 Å². The van der Waals surface area contributed by atoms with Crippen molar-refractivity contribution in [3.63, 3.8) is 0 Å². The monoisotopic (exact) mass is 323 g/mol. The molecule has 1 unspecified atom stereocenters. The molecule has 1 aromatic heterocycles. The molecule has 6 nitrogen and oxygen atoms in total. The molecule has 120 valence electrons. The maximum Gasteiger partial charge on any atom is 0.241 e. The predicted molar refractivity (Wildman–Crippen MR) is 84.3 cm³/mol. The Bertz CT molecular complexity index is 736. The van der Waals surface area contributed by atoms with Gasteiger partial charge in [-0.25, -0.2) is 13.1 Å². The zero-order valence-corrected chi connectivity index (χ0v) is 14.0. The largest absolute Gasteiger partial charge is 0.494 e. The molecule has 0 aliphatic carbocycles. The highest BCUT2D eigenvalue weighted by Gasteiger charge is 2.20. The maximum atomic E-state index is 12.4. The summed E-state index contributed by atoms with van der Waals surface area (Å²) >= 11 is 0. The third kappa shape index (κ3) is 3.66. The summed E-state index contributed by atoms with van der Waals surface area (Å²) in [6.45, 7) is 6.08. The van der Waals surface area contributed by atoms with Crippen LogP contribution in [-0.4, -0.2) is 24.8 Å². The molecular formula is C15H21N3O3S. The Morgan fingerprint density at radius 2 is 1.95 bits per heavy atom. The molecule has 1 aromatic carbocycles. The van der Waals surface area contributed by atoms with Gasteiger partial charge in [-0.3, -0.25) is 4.68 Å². The van der Waals surface area contributed by atoms with E-state index in [1.165, 1.54) is 12.1 Å². The van der Waals surface area contributed by atoms with E-state index in [0.717, 1.165) is 11.3 Å². The van der Waals surface area contributed by atoms with E-state index in [9.17, 15) is 8.42 Å². The van der Waals surface area contributed by atoms with Gasteiger partial charge < -0.3 is 4.74 Å². The molecule has 0 aliphatic heterocycles. The van der Waals surface area contributed by atoms with Crippen molar-refractivity contribution in [1.82, 2.24) is 14.5 Å². The van der Waals surface area contributed by atoms with Gasteiger partial charge >= 0.3 is 0 Å². The minimum absolute atomic E-state index is 0.212. The molecule has 0 bridgehead atoms. The fourth-order valence-electron chi connectivity index (χ4n) is 2.29. The molecule has 0 amide bonds. The molecule has 0 radical (unpaired) electrons. The Balaban J connectivity index is 2.18. The summed E-state index contributed by atoms with van der Waals surface area (Å²) < 4.78 is 34.5. The van der Waals surface area contributed by atoms with E-state index in [4.69, 9.17) is 4.74 Å². The fourth-order valence-corrected chi connectivity index (χ4v) is 3.51. The minimum Gasteiger partial charge on any atom is -0.494 e. The second kappa shape index (κ2) is 6.50. The number of hydrogen-bond acceptors (Lipinski definition) is 4. The van der Waals surface area contributed by atoms with Crippen molar-refractivity contribution in [2.24, 2.45) is 7.05 Å². The van der Waals surface area contributed by atoms with Crippen molar-refractivity contribution >= 4 is 10.0 Å². The van der Waals surface area contributed by atoms with Gasteiger partial charge in [-0.1, -0.05) is 0 Å². The second-order valence-corrected chi connectivity index (χ2v) is 6.80. The molecule has 0 aliphatic rings. The first-order valence-corrected chi connectivity index (χ1v) is 8.57. The van der Waals surface area contributed by atoms with Gasteiger partial charge in [0, 0.05) is 24.8 Å². The molecule has 0 fully saturated rings. The van der Waals surface area contributed by atoms with Gasteiger partial charge in [0.25, 0.3) is 0 Å². The smallest absolute Gasteiger partial charge is 0.241 e. The van der Waals surface area contributed by atoms with Crippen molar-refractivity contribution < 1.29 is 13.2 Å². The number of sulfonamides is 1. The number of nitrogens with zero attached hydrogens (tertiary/aromatic N) is 2. The molecule has 22 heavy (non-hydrogen) atoms. The zero-order chi connectivity index (χ0) is 16.3. The van der Waals surface area contributed by atoms with Gasteiger partial charge in [-0.15, -0.1) is 0 Å². The number of rotatable bonds is 6. The van der Waals surface area contributed by atoms with E-state index in [1.807, 2.05) is 27.1 Å². The minimum atomic E-state index is -3.59. The number of nitrogens with one attached hydrogen (secondary N) is 1. The van der Waals surface area contributed by atoms with Crippen LogP contribution in [-0.2, 0) is 17.1 Å². The first kappa shape index (κ1) is 16.5. The van der Waals surface area contributed by atoms with E-state index in [1.54, 1.807) is 23.7 Å². The lowest BCUT2D eigenvalue weighted by Gasteiger charge is -2.14. The summed E-state index contributed by atoms with van der Waals surface area (Å²) in [5.41, 5.74) is 1.67. The second-order valence-electron chi connectivity index (χ2n) is 5.09. The van der Waals surface area contributed by atoms with Crippen LogP contribution in [0.5, 0.6) is 5.75 Å². The highest BCUT2D eigenvalue weighted by molar-refractivity contribution is 7.89. The molecular weight excluding hydrogens is 302 g/mol. The van der Waals surface area contributed by atoms with Gasteiger partial charge in [-0.2, -0.15) is 5.10 Å². The molecule has 2 aromatic rings. The summed E-state index contributed by atoms with van der Waals surface area (Å²) in [5, 5.41) is 4.23. The predicted octanol–water partition coefficient (Wildman–Crippen LogP) is 2.17. The van der Waals surface area contributed by atoms with E-state index >= 15 is 0 Å². The Kier molecular flexibility index (Phi) is 4.87. The Labute approximate surface area is 131 Å². The van der Waals surface area contributed by atoms with E-state index in [0.29, 0.717) is 12.4 Å². The average Bonchev–Trinajstić information content (AvgIpc) is 2.78. The van der Waals surface area contributed by atoms with Gasteiger partial charge in [0.15, 0.2) is 0 Å². The van der Waals surface area contributed by atoms with Gasteiger partial charge in [0.1, 0.15) is 5.75 Å². The van der Waals surface area contributed by atoms with Crippen LogP contribution in [0, 0.1) is 6.92 Å². The lowest BCUT2D eigenvalue weighted by molar-refractivity contribution is 0.340. The van der Waals surface area contributed by atoms with Crippen LogP contribution in [0.15, 0.2) is 35.4 Å². The van der Waals surface area contributed by atoms with Crippen LogP contribution in [0.2, 0.25) is 0 Å². The van der Waals surface area contributed by atoms with Crippen LogP contribution in [0.4, 0.5) is 0 Å². The van der Waals surface area contributed by atoms with Crippen molar-refractivity contribution in [2.45, 2.75) is 31.7 Å². The maximum absolute atomic E-state index is 12.4. The average molecular weight is 323 g/mol. The van der Waals surface area contributed by atoms with E-state index < -0.39 is 10.0 Å². The van der Waals surface area contributed by atoms with Crippen LogP contribution in [0.1, 0.15) is 31.1 Å². The van der Waals surface area contributed by atoms with Crippen LogP contribution in [0.25, 0.3) is 0 Å². The topological polar surface area (TPSA) is 73.2 Å². The highest BCUT2D eigenvalue weighted by Crippen LogP contribution is 2.20. The van der Waals surface area contributed by atoms with E-state index in [-0.39, 0.29) is 10.9 Å².